The van der Waals surface area contributed by atoms with Crippen molar-refractivity contribution in [1.82, 2.24) is 5.32 Å². The molecule has 2 N–H and O–H groups in total. The molecule has 41 heavy (non-hydrogen) atoms. The van der Waals surface area contributed by atoms with Crippen LogP contribution in [0.5, 0.6) is 0 Å². The van der Waals surface area contributed by atoms with E-state index in [9.17, 15) is 9.90 Å². The van der Waals surface area contributed by atoms with Gasteiger partial charge in [0.05, 0.1) is 26.4 Å². The predicted octanol–water partition coefficient (Wildman–Crippen LogP) is 5.56. The van der Waals surface area contributed by atoms with Crippen LogP contribution in [0.4, 0.5) is 4.79 Å². The van der Waals surface area contributed by atoms with E-state index in [0.717, 1.165) is 16.7 Å². The SMILES string of the molecule is O=C(N[C@@H]1[C@@H](OCc2ccccc2)[C@H](OCc2ccccc2)[C@@H](COCc2ccccc2)O[C@@H]1O)OCC(Cl)(Cl)Cl. The van der Waals surface area contributed by atoms with Gasteiger partial charge in [0.25, 0.3) is 0 Å². The van der Waals surface area contributed by atoms with Crippen LogP contribution < -0.4 is 5.32 Å². The van der Waals surface area contributed by atoms with E-state index >= 15 is 0 Å². The smallest absolute Gasteiger partial charge is 0.407 e. The van der Waals surface area contributed by atoms with Crippen LogP contribution in [0.3, 0.4) is 0 Å². The van der Waals surface area contributed by atoms with E-state index in [1.54, 1.807) is 0 Å². The largest absolute Gasteiger partial charge is 0.445 e. The van der Waals surface area contributed by atoms with Crippen molar-refractivity contribution in [3.8, 4) is 0 Å². The monoisotopic (exact) mass is 623 g/mol. The number of carbonyl (C=O) groups is 1. The van der Waals surface area contributed by atoms with Crippen LogP contribution in [0.15, 0.2) is 91.0 Å². The van der Waals surface area contributed by atoms with Crippen molar-refractivity contribution in [3.05, 3.63) is 108 Å². The predicted molar refractivity (Wildman–Crippen MR) is 156 cm³/mol. The van der Waals surface area contributed by atoms with Crippen molar-refractivity contribution < 1.29 is 33.6 Å². The number of halogens is 3. The maximum Gasteiger partial charge on any atom is 0.407 e. The lowest BCUT2D eigenvalue weighted by Crippen LogP contribution is -2.65. The third-order valence-corrected chi connectivity index (χ3v) is 6.61. The second-order valence-corrected chi connectivity index (χ2v) is 12.0. The summed E-state index contributed by atoms with van der Waals surface area (Å²) in [5.74, 6) is 0. The van der Waals surface area contributed by atoms with Crippen LogP contribution >= 0.6 is 34.8 Å². The van der Waals surface area contributed by atoms with Gasteiger partial charge in [-0.15, -0.1) is 0 Å². The molecule has 4 rings (SSSR count). The van der Waals surface area contributed by atoms with Crippen molar-refractivity contribution in [2.45, 2.75) is 54.3 Å². The minimum Gasteiger partial charge on any atom is -0.445 e. The Hall–Kier alpha value is -2.40. The van der Waals surface area contributed by atoms with Gasteiger partial charge >= 0.3 is 6.09 Å². The summed E-state index contributed by atoms with van der Waals surface area (Å²) in [7, 11) is 0. The van der Waals surface area contributed by atoms with Gasteiger partial charge in [-0.25, -0.2) is 4.79 Å². The molecule has 220 valence electrons. The Morgan fingerprint density at radius 2 is 1.27 bits per heavy atom. The second kappa shape index (κ2) is 15.7. The van der Waals surface area contributed by atoms with Gasteiger partial charge in [-0.2, -0.15) is 0 Å². The molecule has 1 heterocycles. The molecule has 0 unspecified atom stereocenters. The second-order valence-electron chi connectivity index (χ2n) is 9.45. The number of alkyl carbamates (subject to hydrolysis) is 1. The van der Waals surface area contributed by atoms with Crippen LogP contribution in [0.25, 0.3) is 0 Å². The van der Waals surface area contributed by atoms with E-state index in [0.29, 0.717) is 6.61 Å². The maximum absolute atomic E-state index is 12.6. The van der Waals surface area contributed by atoms with Gasteiger partial charge in [0.2, 0.25) is 3.79 Å². The minimum absolute atomic E-state index is 0.0983. The first-order chi connectivity index (χ1) is 19.8. The van der Waals surface area contributed by atoms with E-state index in [1.807, 2.05) is 91.0 Å². The first-order valence-electron chi connectivity index (χ1n) is 13.0. The quantitative estimate of drug-likeness (QED) is 0.255. The average molecular weight is 625 g/mol. The Morgan fingerprint density at radius 3 is 1.78 bits per heavy atom. The zero-order valence-electron chi connectivity index (χ0n) is 22.1. The van der Waals surface area contributed by atoms with Crippen LogP contribution in [0.2, 0.25) is 0 Å². The Morgan fingerprint density at radius 1 is 0.780 bits per heavy atom. The number of nitrogens with one attached hydrogen (secondary N) is 1. The summed E-state index contributed by atoms with van der Waals surface area (Å²) < 4.78 is 27.8. The maximum atomic E-state index is 12.6. The molecule has 1 saturated heterocycles. The summed E-state index contributed by atoms with van der Waals surface area (Å²) in [6, 6.07) is 27.7. The molecule has 0 radical (unpaired) electrons. The molecule has 1 fully saturated rings. The molecule has 11 heteroatoms. The Balaban J connectivity index is 1.54. The summed E-state index contributed by atoms with van der Waals surface area (Å²) in [5, 5.41) is 13.6. The highest BCUT2D eigenvalue weighted by molar-refractivity contribution is 6.67. The number of aliphatic hydroxyl groups excluding tert-OH is 1. The standard InChI is InChI=1S/C30H32Cl3NO7/c31-30(32,33)20-40-29(36)34-25-27(39-18-23-14-8-3-9-15-23)26(38-17-22-12-6-2-7-13-22)24(41-28(25)35)19-37-16-21-10-4-1-5-11-21/h1-15,24-28,35H,16-20H2,(H,34,36)/t24-,25-,26-,27-,28+/m1/s1. The number of benzene rings is 3. The molecular formula is C30H32Cl3NO7. The van der Waals surface area contributed by atoms with E-state index in [4.69, 9.17) is 58.5 Å². The van der Waals surface area contributed by atoms with E-state index in [2.05, 4.69) is 5.32 Å². The van der Waals surface area contributed by atoms with Gasteiger partial charge in [0, 0.05) is 0 Å². The molecular weight excluding hydrogens is 593 g/mol. The zero-order valence-corrected chi connectivity index (χ0v) is 24.4. The third kappa shape index (κ3) is 10.4. The molecule has 3 aromatic carbocycles. The van der Waals surface area contributed by atoms with Gasteiger partial charge < -0.3 is 34.1 Å². The highest BCUT2D eigenvalue weighted by Gasteiger charge is 2.48. The number of hydrogen-bond acceptors (Lipinski definition) is 7. The summed E-state index contributed by atoms with van der Waals surface area (Å²) in [6.45, 7) is 0.356. The van der Waals surface area contributed by atoms with Gasteiger partial charge in [0.1, 0.15) is 31.0 Å². The molecule has 8 nitrogen and oxygen atoms in total. The number of rotatable bonds is 12. The lowest BCUT2D eigenvalue weighted by atomic mass is 9.96. The number of carbonyl (C=O) groups excluding carboxylic acids is 1. The molecule has 0 spiro atoms. The molecule has 0 saturated carbocycles. The number of amides is 1. The number of hydrogen-bond donors (Lipinski definition) is 2. The topological polar surface area (TPSA) is 95.5 Å². The lowest BCUT2D eigenvalue weighted by Gasteiger charge is -2.44. The Labute approximate surface area is 254 Å². The molecule has 5 atom stereocenters. The van der Waals surface area contributed by atoms with Crippen LogP contribution in [0.1, 0.15) is 16.7 Å². The lowest BCUT2D eigenvalue weighted by molar-refractivity contribution is -0.277. The summed E-state index contributed by atoms with van der Waals surface area (Å²) in [5.41, 5.74) is 2.81. The fourth-order valence-corrected chi connectivity index (χ4v) is 4.50. The van der Waals surface area contributed by atoms with E-state index in [1.165, 1.54) is 0 Å². The van der Waals surface area contributed by atoms with Crippen molar-refractivity contribution in [3.63, 3.8) is 0 Å². The van der Waals surface area contributed by atoms with Crippen molar-refractivity contribution in [1.29, 1.82) is 0 Å². The Bertz CT molecular complexity index is 1180. The molecule has 1 amide bonds. The van der Waals surface area contributed by atoms with Crippen LogP contribution in [0, 0.1) is 0 Å². The number of ether oxygens (including phenoxy) is 5. The van der Waals surface area contributed by atoms with Gasteiger partial charge in [-0.3, -0.25) is 0 Å². The van der Waals surface area contributed by atoms with Crippen molar-refractivity contribution in [2.75, 3.05) is 13.2 Å². The summed E-state index contributed by atoms with van der Waals surface area (Å²) in [4.78, 5) is 12.6. The van der Waals surface area contributed by atoms with E-state index < -0.39 is 47.1 Å². The van der Waals surface area contributed by atoms with Gasteiger partial charge in [-0.1, -0.05) is 126 Å². The van der Waals surface area contributed by atoms with E-state index in [-0.39, 0.29) is 19.8 Å². The Kier molecular flexibility index (Phi) is 12.1. The first kappa shape index (κ1) is 31.5. The highest BCUT2D eigenvalue weighted by Crippen LogP contribution is 2.29. The molecule has 1 aliphatic heterocycles. The minimum atomic E-state index is -1.80. The van der Waals surface area contributed by atoms with Gasteiger partial charge in [0.15, 0.2) is 6.29 Å². The van der Waals surface area contributed by atoms with Crippen LogP contribution in [-0.4, -0.2) is 58.8 Å². The molecule has 3 aromatic rings. The average Bonchev–Trinajstić information content (AvgIpc) is 2.97. The molecule has 1 aliphatic rings. The summed E-state index contributed by atoms with van der Waals surface area (Å²) in [6.07, 6.45) is -4.74. The molecule has 0 aromatic heterocycles. The highest BCUT2D eigenvalue weighted by atomic mass is 35.6. The van der Waals surface area contributed by atoms with Crippen molar-refractivity contribution >= 4 is 40.9 Å². The fourth-order valence-electron chi connectivity index (χ4n) is 4.33. The zero-order chi connectivity index (χ0) is 29.1. The number of alkyl halides is 3. The number of aliphatic hydroxyl groups is 1. The van der Waals surface area contributed by atoms with Crippen molar-refractivity contribution in [2.24, 2.45) is 0 Å². The van der Waals surface area contributed by atoms with Crippen LogP contribution in [-0.2, 0) is 43.5 Å². The third-order valence-electron chi connectivity index (χ3n) is 6.28. The van der Waals surface area contributed by atoms with Gasteiger partial charge in [-0.05, 0) is 16.7 Å². The molecule has 0 bridgehead atoms. The molecule has 0 aliphatic carbocycles. The normalized spacial score (nSPS) is 22.7. The fraction of sp³-hybridized carbons (Fsp3) is 0.367. The summed E-state index contributed by atoms with van der Waals surface area (Å²) >= 11 is 17.2. The first-order valence-corrected chi connectivity index (χ1v) is 14.2.